The monoisotopic (exact) mass is 1620 g/mol. The number of anilines is 1. The van der Waals surface area contributed by atoms with E-state index < -0.39 is 69.3 Å². The van der Waals surface area contributed by atoms with Crippen molar-refractivity contribution in [3.05, 3.63) is 323 Å². The van der Waals surface area contributed by atoms with Gasteiger partial charge in [0.15, 0.2) is 0 Å². The smallest absolute Gasteiger partial charge is 0.255 e. The molecule has 0 radical (unpaired) electrons. The molecular formula is C96H73F6N13O6. The second-order valence-electron chi connectivity index (χ2n) is 28.8. The Morgan fingerprint density at radius 2 is 0.835 bits per heavy atom. The zero-order valence-electron chi connectivity index (χ0n) is 65.0. The number of nitrogens with zero attached hydrogens (tertiary/aromatic N) is 7. The van der Waals surface area contributed by atoms with Crippen molar-refractivity contribution in [3.8, 4) is 101 Å². The minimum atomic E-state index is -0.972. The number of halogens is 6. The molecule has 0 spiro atoms. The molecular weight excluding hydrogens is 1550 g/mol. The number of para-hydroxylation sites is 1. The Bertz CT molecular complexity index is 6400. The van der Waals surface area contributed by atoms with Gasteiger partial charge in [0.2, 0.25) is 0 Å². The van der Waals surface area contributed by atoms with Crippen molar-refractivity contribution in [2.24, 2.45) is 5.92 Å². The summed E-state index contributed by atoms with van der Waals surface area (Å²) in [4.78, 5) is 95.6. The van der Waals surface area contributed by atoms with Crippen LogP contribution in [0.1, 0.15) is 97.3 Å². The number of hydrogen-bond donors (Lipinski definition) is 6. The fourth-order valence-corrected chi connectivity index (χ4v) is 14.3. The highest BCUT2D eigenvalue weighted by Gasteiger charge is 2.28. The first-order valence-electron chi connectivity index (χ1n) is 39.0. The van der Waals surface area contributed by atoms with Crippen LogP contribution in [-0.2, 0) is 0 Å². The Morgan fingerprint density at radius 1 is 0.372 bits per heavy atom. The molecule has 0 unspecified atom stereocenters. The second-order valence-corrected chi connectivity index (χ2v) is 28.8. The quantitative estimate of drug-likeness (QED) is 0.0218. The third-order valence-corrected chi connectivity index (χ3v) is 20.2. The van der Waals surface area contributed by atoms with Crippen molar-refractivity contribution in [2.75, 3.05) is 38.2 Å². The predicted octanol–water partition coefficient (Wildman–Crippen LogP) is 20.2. The molecule has 25 heteroatoms. The maximum absolute atomic E-state index is 16.3. The van der Waals surface area contributed by atoms with Crippen LogP contribution in [0.3, 0.4) is 0 Å². The number of aromatic nitrogens is 9. The van der Waals surface area contributed by atoms with Gasteiger partial charge < -0.3 is 40.7 Å². The number of hydrogen-bond acceptors (Lipinski definition) is 13. The lowest BCUT2D eigenvalue weighted by molar-refractivity contribution is 0.0938. The number of amides is 4. The second kappa shape index (κ2) is 35.7. The maximum atomic E-state index is 16.3. The van der Waals surface area contributed by atoms with Crippen LogP contribution in [-0.4, -0.2) is 101 Å². The van der Waals surface area contributed by atoms with Gasteiger partial charge in [0.25, 0.3) is 23.6 Å². The van der Waals surface area contributed by atoms with Gasteiger partial charge >= 0.3 is 0 Å². The number of rotatable bonds is 26. The summed E-state index contributed by atoms with van der Waals surface area (Å²) in [7, 11) is 0. The molecule has 14 aromatic rings. The molecule has 600 valence electrons. The number of aromatic amines is 2. The molecule has 19 nitrogen and oxygen atoms in total. The third-order valence-electron chi connectivity index (χ3n) is 20.2. The van der Waals surface area contributed by atoms with Crippen molar-refractivity contribution < 1.29 is 55.0 Å². The van der Waals surface area contributed by atoms with E-state index in [-0.39, 0.29) is 122 Å². The lowest BCUT2D eigenvalue weighted by atomic mass is 9.98. The summed E-state index contributed by atoms with van der Waals surface area (Å²) in [6.07, 6.45) is 13.9. The van der Waals surface area contributed by atoms with Crippen molar-refractivity contribution in [1.82, 2.24) is 60.8 Å². The molecule has 0 atom stereocenters. The molecule has 0 fully saturated rings. The number of fused-ring (bicyclic) bond motifs is 8. The van der Waals surface area contributed by atoms with Crippen molar-refractivity contribution in [1.29, 1.82) is 0 Å². The zero-order chi connectivity index (χ0) is 83.6. The number of ether oxygens (including phenoxy) is 2. The van der Waals surface area contributed by atoms with Crippen LogP contribution < -0.4 is 30.7 Å². The van der Waals surface area contributed by atoms with Gasteiger partial charge in [-0.05, 0) is 212 Å². The maximum Gasteiger partial charge on any atom is 0.255 e. The SMILES string of the molecule is CC(C)CNC(=O)c1ccc(NC(=O)c2ccc(-c3c4nc(c(-c5c(F)cccc5F)c5ccc([nH]5)c(-c5c(F)cccc5F)c5nc(c(-c6c(F)cccc6F)c6ccc3[nH]6)C=C5)C=C4)cc2)cc1OCCCNC(=O)c1cccc(-c2cc(-c3ccccn3)nc(-c3ccccn3)c2)c1OCCCCNC(=O)c1ccc(-c2ccccn2)nc1. The summed E-state index contributed by atoms with van der Waals surface area (Å²) in [6, 6.07) is 56.4. The topological polar surface area (TPSA) is 257 Å². The van der Waals surface area contributed by atoms with Gasteiger partial charge in [-0.1, -0.05) is 74.5 Å². The number of unbranched alkanes of at least 4 members (excludes halogenated alkanes) is 1. The van der Waals surface area contributed by atoms with E-state index in [1.165, 1.54) is 60.8 Å². The first-order valence-corrected chi connectivity index (χ1v) is 39.0. The molecule has 8 aromatic heterocycles. The Labute approximate surface area is 689 Å². The van der Waals surface area contributed by atoms with Gasteiger partial charge in [0, 0.05) is 112 Å². The van der Waals surface area contributed by atoms with E-state index in [9.17, 15) is 19.2 Å². The Kier molecular flexibility index (Phi) is 23.5. The highest BCUT2D eigenvalue weighted by Crippen LogP contribution is 2.43. The average molecular weight is 1620 g/mol. The molecule has 8 bridgehead atoms. The molecule has 6 N–H and O–H groups in total. The minimum absolute atomic E-state index is 0.00291. The van der Waals surface area contributed by atoms with Gasteiger partial charge in [0.05, 0.1) is 104 Å². The van der Waals surface area contributed by atoms with Crippen LogP contribution in [0, 0.1) is 40.8 Å². The lowest BCUT2D eigenvalue weighted by Crippen LogP contribution is -2.28. The summed E-state index contributed by atoms with van der Waals surface area (Å²) >= 11 is 0. The average Bonchev–Trinajstić information content (AvgIpc) is 1.60. The number of nitrogens with one attached hydrogen (secondary N) is 6. The number of H-pyrrole nitrogens is 2. The third kappa shape index (κ3) is 17.4. The molecule has 2 aliphatic heterocycles. The van der Waals surface area contributed by atoms with E-state index in [2.05, 4.69) is 51.2 Å². The zero-order valence-corrected chi connectivity index (χ0v) is 65.0. The van der Waals surface area contributed by atoms with E-state index in [1.54, 1.807) is 97.5 Å². The Hall–Kier alpha value is -15.3. The van der Waals surface area contributed by atoms with Gasteiger partial charge in [-0.15, -0.1) is 0 Å². The van der Waals surface area contributed by atoms with Gasteiger partial charge in [-0.25, -0.2) is 41.3 Å². The molecule has 0 saturated carbocycles. The fourth-order valence-electron chi connectivity index (χ4n) is 14.3. The van der Waals surface area contributed by atoms with Gasteiger partial charge in [-0.3, -0.25) is 39.1 Å². The largest absolute Gasteiger partial charge is 0.493 e. The number of carbonyl (C=O) groups is 4. The van der Waals surface area contributed by atoms with Crippen molar-refractivity contribution in [3.63, 3.8) is 0 Å². The minimum Gasteiger partial charge on any atom is -0.493 e. The van der Waals surface area contributed by atoms with Crippen molar-refractivity contribution in [2.45, 2.75) is 33.1 Å². The van der Waals surface area contributed by atoms with E-state index in [4.69, 9.17) is 24.4 Å². The van der Waals surface area contributed by atoms with Crippen LogP contribution in [0.15, 0.2) is 243 Å². The van der Waals surface area contributed by atoms with E-state index in [1.807, 2.05) is 86.6 Å². The van der Waals surface area contributed by atoms with Crippen LogP contribution in [0.5, 0.6) is 11.5 Å². The van der Waals surface area contributed by atoms with Crippen LogP contribution in [0.4, 0.5) is 32.0 Å². The molecule has 0 saturated heterocycles. The molecule has 16 rings (SSSR count). The molecule has 121 heavy (non-hydrogen) atoms. The Morgan fingerprint density at radius 3 is 1.34 bits per heavy atom. The number of benzene rings is 6. The summed E-state index contributed by atoms with van der Waals surface area (Å²) in [6.45, 7) is 4.86. The molecule has 2 aliphatic rings. The van der Waals surface area contributed by atoms with Crippen LogP contribution in [0.2, 0.25) is 0 Å². The number of pyridine rings is 5. The first kappa shape index (κ1) is 79.6. The van der Waals surface area contributed by atoms with Crippen molar-refractivity contribution >= 4 is 75.7 Å². The summed E-state index contributed by atoms with van der Waals surface area (Å²) in [5, 5.41) is 11.9. The highest BCUT2D eigenvalue weighted by molar-refractivity contribution is 6.07. The fraction of sp³-hybridized carbons (Fsp3) is 0.115. The van der Waals surface area contributed by atoms with Crippen LogP contribution in [0.25, 0.3) is 136 Å². The van der Waals surface area contributed by atoms with Gasteiger partial charge in [-0.2, -0.15) is 0 Å². The normalized spacial score (nSPS) is 11.5. The summed E-state index contributed by atoms with van der Waals surface area (Å²) < 4.78 is 111. The van der Waals surface area contributed by atoms with E-state index in [0.29, 0.717) is 99.2 Å². The summed E-state index contributed by atoms with van der Waals surface area (Å²) in [5.74, 6) is -6.93. The van der Waals surface area contributed by atoms with Crippen LogP contribution >= 0.6 is 0 Å². The molecule has 0 aliphatic carbocycles. The molecule has 6 aromatic carbocycles. The standard InChI is InChI=1S/C96H73F6N13O6/c1-55(2)53-109-95(118)62-33-32-60(52-84(62)120-49-15-47-107-96(119)63-17-11-16-61(59-50-82(71-25-4-7-44-104-71)115-83(51-59)72-26-5-8-45-105-72)92(63)121-48-10-9-46-106-93(116)58-31-34-73(108-54-58)70-24-3-6-43-103-70)110-94(117)57-29-27-56(28-30-57)85-74-35-37-76(111-74)89(86-64(97)18-12-19-65(86)98)78-39-41-80(113-78)91(88-68(101)22-14-23-69(88)102)81-42-40-79(114-81)90(77-38-36-75(85)112-77)87-66(99)20-13-21-67(87)100/h3-8,11-14,16-45,50-52,54-55,111,114H,9-10,15,46-49,53H2,1-2H3,(H,106,116)(H,107,119)(H,109,118)(H,110,117). The van der Waals surface area contributed by atoms with Gasteiger partial charge in [0.1, 0.15) is 46.4 Å². The van der Waals surface area contributed by atoms with E-state index >= 15 is 26.3 Å². The summed E-state index contributed by atoms with van der Waals surface area (Å²) in [5.41, 5.74) is 6.16. The first-order chi connectivity index (χ1) is 59.0. The Balaban J connectivity index is 0.671. The lowest BCUT2D eigenvalue weighted by Gasteiger charge is -2.18. The molecule has 10 heterocycles. The van der Waals surface area contributed by atoms with E-state index in [0.717, 1.165) is 36.4 Å². The predicted molar refractivity (Wildman–Crippen MR) is 455 cm³/mol. The highest BCUT2D eigenvalue weighted by atomic mass is 19.2. The molecule has 4 amide bonds. The number of carbonyl (C=O) groups excluding carboxylic acids is 4.